The number of hydrogen-bond donors (Lipinski definition) is 0. The second kappa shape index (κ2) is 7.54. The van der Waals surface area contributed by atoms with Gasteiger partial charge in [0, 0.05) is 11.9 Å². The Kier molecular flexibility index (Phi) is 5.46. The van der Waals surface area contributed by atoms with Gasteiger partial charge in [0.25, 0.3) is 0 Å². The zero-order chi connectivity index (χ0) is 16.8. The molecule has 0 atom stereocenters. The fourth-order valence-corrected chi connectivity index (χ4v) is 2.12. The van der Waals surface area contributed by atoms with Crippen LogP contribution in [0.1, 0.15) is 29.3 Å². The molecule has 0 bridgehead atoms. The van der Waals surface area contributed by atoms with Crippen LogP contribution in [-0.2, 0) is 16.1 Å². The summed E-state index contributed by atoms with van der Waals surface area (Å²) in [6, 6.07) is 7.86. The fraction of sp³-hybridized carbons (Fsp3) is 0.278. The molecular formula is C18H20N2O3. The molecule has 0 aliphatic heterocycles. The molecule has 5 heteroatoms. The lowest BCUT2D eigenvalue weighted by atomic mass is 10.00. The van der Waals surface area contributed by atoms with Crippen molar-refractivity contribution in [2.75, 3.05) is 7.11 Å². The maximum atomic E-state index is 11.9. The Balaban J connectivity index is 2.23. The van der Waals surface area contributed by atoms with Gasteiger partial charge in [-0.1, -0.05) is 30.3 Å². The van der Waals surface area contributed by atoms with E-state index in [1.54, 1.807) is 19.2 Å². The zero-order valence-corrected chi connectivity index (χ0v) is 13.8. The predicted molar refractivity (Wildman–Crippen MR) is 87.9 cm³/mol. The molecule has 2 aromatic rings. The summed E-state index contributed by atoms with van der Waals surface area (Å²) in [5.74, 6) is -0.373. The first-order valence-corrected chi connectivity index (χ1v) is 7.32. The molecule has 23 heavy (non-hydrogen) atoms. The number of methoxy groups -OCH3 is 1. The van der Waals surface area contributed by atoms with Crippen LogP contribution in [0.15, 0.2) is 36.5 Å². The van der Waals surface area contributed by atoms with Gasteiger partial charge in [-0.3, -0.25) is 0 Å². The number of rotatable bonds is 5. The van der Waals surface area contributed by atoms with Gasteiger partial charge in [0.2, 0.25) is 0 Å². The SMILES string of the molecule is C/C=C(\C(=O)OC)c1ccccc1COc1ncc(C)c(C)n1. The van der Waals surface area contributed by atoms with Crippen LogP contribution in [0.2, 0.25) is 0 Å². The van der Waals surface area contributed by atoms with E-state index in [2.05, 4.69) is 9.97 Å². The summed E-state index contributed by atoms with van der Waals surface area (Å²) < 4.78 is 10.5. The molecule has 0 aliphatic rings. The molecule has 0 unspecified atom stereocenters. The number of benzene rings is 1. The van der Waals surface area contributed by atoms with Gasteiger partial charge in [-0.25, -0.2) is 14.8 Å². The minimum atomic E-state index is -0.373. The summed E-state index contributed by atoms with van der Waals surface area (Å²) >= 11 is 0. The summed E-state index contributed by atoms with van der Waals surface area (Å²) in [6.07, 6.45) is 3.46. The van der Waals surface area contributed by atoms with E-state index in [4.69, 9.17) is 9.47 Å². The Labute approximate surface area is 136 Å². The van der Waals surface area contributed by atoms with Gasteiger partial charge >= 0.3 is 12.0 Å². The van der Waals surface area contributed by atoms with Crippen molar-refractivity contribution >= 4 is 11.5 Å². The van der Waals surface area contributed by atoms with Crippen LogP contribution < -0.4 is 4.74 Å². The third-order valence-corrected chi connectivity index (χ3v) is 3.56. The maximum absolute atomic E-state index is 11.9. The van der Waals surface area contributed by atoms with Gasteiger partial charge in [-0.2, -0.15) is 0 Å². The number of hydrogen-bond acceptors (Lipinski definition) is 5. The van der Waals surface area contributed by atoms with Crippen LogP contribution >= 0.6 is 0 Å². The Morgan fingerprint density at radius 2 is 2.00 bits per heavy atom. The molecule has 0 saturated heterocycles. The number of nitrogens with zero attached hydrogens (tertiary/aromatic N) is 2. The molecule has 0 spiro atoms. The predicted octanol–water partition coefficient (Wildman–Crippen LogP) is 3.25. The molecule has 1 heterocycles. The van der Waals surface area contributed by atoms with Crippen molar-refractivity contribution in [3.8, 4) is 6.01 Å². The van der Waals surface area contributed by atoms with Gasteiger partial charge in [-0.05, 0) is 37.5 Å². The largest absolute Gasteiger partial charge is 0.465 e. The van der Waals surface area contributed by atoms with E-state index < -0.39 is 0 Å². The van der Waals surface area contributed by atoms with Gasteiger partial charge in [-0.15, -0.1) is 0 Å². The lowest BCUT2D eigenvalue weighted by molar-refractivity contribution is -0.133. The maximum Gasteiger partial charge on any atom is 0.338 e. The topological polar surface area (TPSA) is 61.3 Å². The first kappa shape index (κ1) is 16.7. The number of carbonyl (C=O) groups excluding carboxylic acids is 1. The standard InChI is InChI=1S/C18H20N2O3/c1-5-15(17(21)22-4)16-9-7-6-8-14(16)11-23-18-19-10-12(2)13(3)20-18/h5-10H,11H2,1-4H3/b15-5-. The molecule has 120 valence electrons. The van der Waals surface area contributed by atoms with Crippen LogP contribution in [-0.4, -0.2) is 23.0 Å². The first-order chi connectivity index (χ1) is 11.1. The quantitative estimate of drug-likeness (QED) is 0.626. The minimum Gasteiger partial charge on any atom is -0.465 e. The number of aromatic nitrogens is 2. The van der Waals surface area contributed by atoms with Crippen molar-refractivity contribution in [1.29, 1.82) is 0 Å². The minimum absolute atomic E-state index is 0.271. The van der Waals surface area contributed by atoms with E-state index >= 15 is 0 Å². The van der Waals surface area contributed by atoms with E-state index in [1.165, 1.54) is 7.11 Å². The monoisotopic (exact) mass is 312 g/mol. The van der Waals surface area contributed by atoms with Crippen molar-refractivity contribution in [3.05, 3.63) is 58.9 Å². The number of esters is 1. The second-order valence-electron chi connectivity index (χ2n) is 5.06. The Morgan fingerprint density at radius 3 is 2.65 bits per heavy atom. The molecule has 0 aliphatic carbocycles. The van der Waals surface area contributed by atoms with Gasteiger partial charge in [0.15, 0.2) is 0 Å². The summed E-state index contributed by atoms with van der Waals surface area (Å²) in [5.41, 5.74) is 4.05. The van der Waals surface area contributed by atoms with Gasteiger partial charge < -0.3 is 9.47 Å². The van der Waals surface area contributed by atoms with Gasteiger partial charge in [0.05, 0.1) is 12.7 Å². The van der Waals surface area contributed by atoms with Crippen LogP contribution in [0.4, 0.5) is 0 Å². The molecule has 5 nitrogen and oxygen atoms in total. The van der Waals surface area contributed by atoms with E-state index in [9.17, 15) is 4.79 Å². The average molecular weight is 312 g/mol. The molecule has 0 fully saturated rings. The second-order valence-corrected chi connectivity index (χ2v) is 5.06. The number of ether oxygens (including phenoxy) is 2. The highest BCUT2D eigenvalue weighted by Gasteiger charge is 2.15. The Morgan fingerprint density at radius 1 is 1.26 bits per heavy atom. The molecule has 0 saturated carbocycles. The number of allylic oxidation sites excluding steroid dienone is 1. The molecule has 1 aromatic heterocycles. The summed E-state index contributed by atoms with van der Waals surface area (Å²) in [6.45, 7) is 5.93. The Bertz CT molecular complexity index is 739. The number of aryl methyl sites for hydroxylation is 2. The zero-order valence-electron chi connectivity index (χ0n) is 13.8. The van der Waals surface area contributed by atoms with E-state index in [0.29, 0.717) is 11.6 Å². The van der Waals surface area contributed by atoms with Crippen LogP contribution in [0, 0.1) is 13.8 Å². The van der Waals surface area contributed by atoms with E-state index in [0.717, 1.165) is 22.4 Å². The molecule has 2 rings (SSSR count). The molecule has 0 radical (unpaired) electrons. The average Bonchev–Trinajstić information content (AvgIpc) is 2.57. The first-order valence-electron chi connectivity index (χ1n) is 7.32. The van der Waals surface area contributed by atoms with Crippen molar-refractivity contribution in [3.63, 3.8) is 0 Å². The third kappa shape index (κ3) is 3.94. The lowest BCUT2D eigenvalue weighted by Crippen LogP contribution is -2.08. The summed E-state index contributed by atoms with van der Waals surface area (Å²) in [4.78, 5) is 20.4. The molecule has 0 N–H and O–H groups in total. The fourth-order valence-electron chi connectivity index (χ4n) is 2.12. The molecule has 0 amide bonds. The van der Waals surface area contributed by atoms with E-state index in [-0.39, 0.29) is 12.6 Å². The van der Waals surface area contributed by atoms with Crippen molar-refractivity contribution in [2.45, 2.75) is 27.4 Å². The van der Waals surface area contributed by atoms with Crippen LogP contribution in [0.3, 0.4) is 0 Å². The summed E-state index contributed by atoms with van der Waals surface area (Å²) in [5, 5.41) is 0. The highest BCUT2D eigenvalue weighted by Crippen LogP contribution is 2.22. The van der Waals surface area contributed by atoms with Gasteiger partial charge in [0.1, 0.15) is 6.61 Å². The highest BCUT2D eigenvalue weighted by atomic mass is 16.5. The van der Waals surface area contributed by atoms with Crippen LogP contribution in [0.5, 0.6) is 6.01 Å². The summed E-state index contributed by atoms with van der Waals surface area (Å²) in [7, 11) is 1.37. The normalized spacial score (nSPS) is 11.2. The lowest BCUT2D eigenvalue weighted by Gasteiger charge is -2.12. The van der Waals surface area contributed by atoms with Crippen molar-refractivity contribution < 1.29 is 14.3 Å². The van der Waals surface area contributed by atoms with Crippen molar-refractivity contribution in [2.24, 2.45) is 0 Å². The van der Waals surface area contributed by atoms with Crippen molar-refractivity contribution in [1.82, 2.24) is 9.97 Å². The Hall–Kier alpha value is -2.69. The third-order valence-electron chi connectivity index (χ3n) is 3.56. The molecular weight excluding hydrogens is 292 g/mol. The van der Waals surface area contributed by atoms with Crippen LogP contribution in [0.25, 0.3) is 5.57 Å². The highest BCUT2D eigenvalue weighted by molar-refractivity contribution is 6.16. The molecule has 1 aromatic carbocycles. The van der Waals surface area contributed by atoms with E-state index in [1.807, 2.05) is 38.1 Å². The number of carbonyl (C=O) groups is 1. The smallest absolute Gasteiger partial charge is 0.338 e.